The molecule has 2 aliphatic rings. The van der Waals surface area contributed by atoms with Crippen LogP contribution in [-0.2, 0) is 6.42 Å². The predicted molar refractivity (Wildman–Crippen MR) is 68.7 cm³/mol. The minimum atomic E-state index is -0.681. The third-order valence-corrected chi connectivity index (χ3v) is 5.46. The average molecular weight is 252 g/mol. The Morgan fingerprint density at radius 2 is 1.88 bits per heavy atom. The van der Waals surface area contributed by atoms with E-state index in [0.29, 0.717) is 22.5 Å². The van der Waals surface area contributed by atoms with Crippen LogP contribution in [0.15, 0.2) is 24.3 Å². The Kier molecular flexibility index (Phi) is 2.91. The molecule has 2 heterocycles. The van der Waals surface area contributed by atoms with Gasteiger partial charge < -0.3 is 5.11 Å². The zero-order chi connectivity index (χ0) is 11.9. The van der Waals surface area contributed by atoms with Crippen LogP contribution in [0.1, 0.15) is 31.2 Å². The van der Waals surface area contributed by atoms with Gasteiger partial charge >= 0.3 is 0 Å². The maximum Gasteiger partial charge on any atom is 0.126 e. The van der Waals surface area contributed by atoms with Gasteiger partial charge in [0.1, 0.15) is 5.82 Å². The number of hydrogen-bond acceptors (Lipinski definition) is 2. The summed E-state index contributed by atoms with van der Waals surface area (Å²) >= 11 is 2.02. The van der Waals surface area contributed by atoms with Crippen molar-refractivity contribution < 1.29 is 9.50 Å². The molecule has 1 aromatic rings. The fourth-order valence-electron chi connectivity index (χ4n) is 3.15. The van der Waals surface area contributed by atoms with E-state index in [0.717, 1.165) is 12.8 Å². The number of halogens is 1. The summed E-state index contributed by atoms with van der Waals surface area (Å²) in [5.41, 5.74) is -0.0273. The summed E-state index contributed by atoms with van der Waals surface area (Å²) in [5, 5.41) is 11.8. The molecule has 2 atom stereocenters. The molecule has 0 amide bonds. The van der Waals surface area contributed by atoms with Gasteiger partial charge in [0.25, 0.3) is 0 Å². The van der Waals surface area contributed by atoms with Crippen LogP contribution < -0.4 is 0 Å². The Hall–Kier alpha value is -0.540. The van der Waals surface area contributed by atoms with E-state index in [9.17, 15) is 9.50 Å². The maximum absolute atomic E-state index is 13.6. The van der Waals surface area contributed by atoms with E-state index < -0.39 is 5.60 Å². The Bertz CT molecular complexity index is 408. The van der Waals surface area contributed by atoms with Crippen molar-refractivity contribution in [2.24, 2.45) is 0 Å². The molecule has 0 aliphatic carbocycles. The van der Waals surface area contributed by atoms with Gasteiger partial charge in [0.05, 0.1) is 5.60 Å². The van der Waals surface area contributed by atoms with Gasteiger partial charge in [0.2, 0.25) is 0 Å². The highest BCUT2D eigenvalue weighted by Crippen LogP contribution is 2.48. The largest absolute Gasteiger partial charge is 0.389 e. The maximum atomic E-state index is 13.6. The molecule has 1 nitrogen and oxygen atoms in total. The molecule has 0 aromatic heterocycles. The van der Waals surface area contributed by atoms with Gasteiger partial charge in [-0.2, -0.15) is 11.8 Å². The van der Waals surface area contributed by atoms with Crippen molar-refractivity contribution in [2.45, 2.75) is 48.2 Å². The van der Waals surface area contributed by atoms with Crippen molar-refractivity contribution in [2.75, 3.05) is 0 Å². The number of hydrogen-bond donors (Lipinski definition) is 1. The second kappa shape index (κ2) is 4.29. The van der Waals surface area contributed by atoms with Crippen molar-refractivity contribution in [1.82, 2.24) is 0 Å². The van der Waals surface area contributed by atoms with E-state index in [-0.39, 0.29) is 5.82 Å². The fourth-order valence-corrected chi connectivity index (χ4v) is 5.05. The first-order valence-electron chi connectivity index (χ1n) is 6.26. The summed E-state index contributed by atoms with van der Waals surface area (Å²) in [4.78, 5) is 0. The molecule has 17 heavy (non-hydrogen) atoms. The molecule has 0 radical (unpaired) electrons. The number of benzene rings is 1. The number of fused-ring (bicyclic) bond motifs is 2. The number of thioether (sulfide) groups is 1. The third-order valence-electron chi connectivity index (χ3n) is 3.89. The molecule has 2 aliphatic heterocycles. The van der Waals surface area contributed by atoms with Crippen LogP contribution in [-0.4, -0.2) is 21.2 Å². The Morgan fingerprint density at radius 1 is 1.24 bits per heavy atom. The molecular weight excluding hydrogens is 235 g/mol. The van der Waals surface area contributed by atoms with Gasteiger partial charge in [-0.25, -0.2) is 4.39 Å². The van der Waals surface area contributed by atoms with Crippen LogP contribution in [0.3, 0.4) is 0 Å². The van der Waals surface area contributed by atoms with Gasteiger partial charge in [0.15, 0.2) is 0 Å². The molecule has 0 spiro atoms. The molecule has 3 heteroatoms. The Labute approximate surface area is 105 Å². The minimum absolute atomic E-state index is 0.188. The summed E-state index contributed by atoms with van der Waals surface area (Å²) in [6.07, 6.45) is 4.54. The summed E-state index contributed by atoms with van der Waals surface area (Å²) in [6.45, 7) is 0. The number of aliphatic hydroxyl groups is 1. The standard InChI is InChI=1S/C14H17FOS/c15-13-4-2-1-3-10(13)7-14(16)8-11-5-6-12(9-14)17-11/h1-4,11-12,16H,5-9H2. The van der Waals surface area contributed by atoms with Crippen LogP contribution in [0, 0.1) is 5.82 Å². The summed E-state index contributed by atoms with van der Waals surface area (Å²) in [7, 11) is 0. The van der Waals surface area contributed by atoms with E-state index in [1.54, 1.807) is 12.1 Å². The van der Waals surface area contributed by atoms with Crippen molar-refractivity contribution in [3.8, 4) is 0 Å². The van der Waals surface area contributed by atoms with Crippen molar-refractivity contribution in [1.29, 1.82) is 0 Å². The van der Waals surface area contributed by atoms with Crippen LogP contribution in [0.25, 0.3) is 0 Å². The molecular formula is C14H17FOS. The summed E-state index contributed by atoms with van der Waals surface area (Å²) in [6, 6.07) is 6.80. The first-order valence-corrected chi connectivity index (χ1v) is 7.20. The van der Waals surface area contributed by atoms with E-state index in [2.05, 4.69) is 0 Å². The Morgan fingerprint density at radius 3 is 2.53 bits per heavy atom. The first-order chi connectivity index (χ1) is 8.15. The lowest BCUT2D eigenvalue weighted by Gasteiger charge is -2.36. The lowest BCUT2D eigenvalue weighted by Crippen LogP contribution is -2.39. The van der Waals surface area contributed by atoms with Gasteiger partial charge in [0, 0.05) is 16.9 Å². The van der Waals surface area contributed by atoms with Crippen LogP contribution >= 0.6 is 11.8 Å². The predicted octanol–water partition coefficient (Wildman–Crippen LogP) is 3.16. The summed E-state index contributed by atoms with van der Waals surface area (Å²) in [5.74, 6) is -0.188. The lowest BCUT2D eigenvalue weighted by atomic mass is 9.86. The lowest BCUT2D eigenvalue weighted by molar-refractivity contribution is 0.0234. The fraction of sp³-hybridized carbons (Fsp3) is 0.571. The average Bonchev–Trinajstić information content (AvgIpc) is 2.62. The highest BCUT2D eigenvalue weighted by molar-refractivity contribution is 8.00. The van der Waals surface area contributed by atoms with Crippen molar-refractivity contribution >= 4 is 11.8 Å². The molecule has 3 rings (SSSR count). The second-order valence-corrected chi connectivity index (χ2v) is 6.96. The van der Waals surface area contributed by atoms with Gasteiger partial charge in [-0.3, -0.25) is 0 Å². The molecule has 2 fully saturated rings. The van der Waals surface area contributed by atoms with E-state index in [1.807, 2.05) is 17.8 Å². The topological polar surface area (TPSA) is 20.2 Å². The molecule has 1 N–H and O–H groups in total. The third kappa shape index (κ3) is 2.36. The minimum Gasteiger partial charge on any atom is -0.389 e. The van der Waals surface area contributed by atoms with Crippen molar-refractivity contribution in [3.63, 3.8) is 0 Å². The summed E-state index contributed by atoms with van der Waals surface area (Å²) < 4.78 is 13.6. The molecule has 2 bridgehead atoms. The van der Waals surface area contributed by atoms with Crippen molar-refractivity contribution in [3.05, 3.63) is 35.6 Å². The van der Waals surface area contributed by atoms with Gasteiger partial charge in [-0.05, 0) is 37.3 Å². The van der Waals surface area contributed by atoms with Crippen LogP contribution in [0.5, 0.6) is 0 Å². The zero-order valence-electron chi connectivity index (χ0n) is 9.73. The quantitative estimate of drug-likeness (QED) is 0.872. The molecule has 92 valence electrons. The van der Waals surface area contributed by atoms with Crippen LogP contribution in [0.4, 0.5) is 4.39 Å². The van der Waals surface area contributed by atoms with E-state index in [1.165, 1.54) is 18.9 Å². The van der Waals surface area contributed by atoms with Gasteiger partial charge in [-0.1, -0.05) is 18.2 Å². The molecule has 0 saturated carbocycles. The zero-order valence-corrected chi connectivity index (χ0v) is 10.5. The molecule has 1 aromatic carbocycles. The number of rotatable bonds is 2. The highest BCUT2D eigenvalue weighted by Gasteiger charge is 2.43. The normalized spacial score (nSPS) is 36.1. The monoisotopic (exact) mass is 252 g/mol. The van der Waals surface area contributed by atoms with Gasteiger partial charge in [-0.15, -0.1) is 0 Å². The first kappa shape index (κ1) is 11.5. The highest BCUT2D eigenvalue weighted by atomic mass is 32.2. The smallest absolute Gasteiger partial charge is 0.126 e. The van der Waals surface area contributed by atoms with E-state index >= 15 is 0 Å². The SMILES string of the molecule is OC1(Cc2ccccc2F)CC2CCC(C1)S2. The van der Waals surface area contributed by atoms with E-state index in [4.69, 9.17) is 0 Å². The molecule has 2 unspecified atom stereocenters. The molecule has 2 saturated heterocycles. The second-order valence-electron chi connectivity index (χ2n) is 5.36. The van der Waals surface area contributed by atoms with Crippen LogP contribution in [0.2, 0.25) is 0 Å². The Balaban J connectivity index is 1.78.